The zero-order chi connectivity index (χ0) is 32.7. The normalized spacial score (nSPS) is 12.0. The van der Waals surface area contributed by atoms with Crippen LogP contribution in [0.5, 0.6) is 0 Å². The highest BCUT2D eigenvalue weighted by Crippen LogP contribution is 2.41. The fourth-order valence-electron chi connectivity index (χ4n) is 5.45. The maximum atomic E-state index is 14.6. The number of anilines is 1. The number of pyridine rings is 1. The molecule has 12 heteroatoms. The lowest BCUT2D eigenvalue weighted by Gasteiger charge is -2.20. The number of carbonyl (C=O) groups excluding carboxylic acids is 1. The molecular weight excluding hydrogens is 614 g/mol. The van der Waals surface area contributed by atoms with Crippen molar-refractivity contribution < 1.29 is 32.1 Å². The van der Waals surface area contributed by atoms with Gasteiger partial charge < -0.3 is 19.8 Å². The molecule has 1 amide bonds. The molecule has 3 N–H and O–H groups in total. The van der Waals surface area contributed by atoms with Crippen molar-refractivity contribution in [1.82, 2.24) is 15.3 Å². The van der Waals surface area contributed by atoms with Crippen molar-refractivity contribution in [2.75, 3.05) is 24.7 Å². The summed E-state index contributed by atoms with van der Waals surface area (Å²) in [5.41, 5.74) is 4.55. The third kappa shape index (κ3) is 5.63. The number of fused-ring (bicyclic) bond motifs is 2. The molecule has 0 aliphatic heterocycles. The smallest absolute Gasteiger partial charge is 0.303 e. The van der Waals surface area contributed by atoms with Gasteiger partial charge in [-0.05, 0) is 66.6 Å². The van der Waals surface area contributed by atoms with Crippen LogP contribution in [0.1, 0.15) is 22.3 Å². The first-order valence-electron chi connectivity index (χ1n) is 14.2. The summed E-state index contributed by atoms with van der Waals surface area (Å²) in [5.74, 6) is -2.03. The van der Waals surface area contributed by atoms with Crippen LogP contribution in [0.3, 0.4) is 0 Å². The lowest BCUT2D eigenvalue weighted by atomic mass is 9.99. The van der Waals surface area contributed by atoms with Gasteiger partial charge in [-0.3, -0.25) is 13.9 Å². The number of halogens is 2. The van der Waals surface area contributed by atoms with Crippen LogP contribution >= 0.6 is 0 Å². The second kappa shape index (κ2) is 12.2. The number of H-pyrrole nitrogens is 1. The predicted octanol–water partition coefficient (Wildman–Crippen LogP) is 6.69. The summed E-state index contributed by atoms with van der Waals surface area (Å²) in [5, 5.41) is 12.8. The molecule has 3 heterocycles. The molecule has 0 spiro atoms. The number of furan rings is 1. The molecule has 234 valence electrons. The van der Waals surface area contributed by atoms with Crippen molar-refractivity contribution in [3.05, 3.63) is 95.6 Å². The molecule has 0 aliphatic rings. The van der Waals surface area contributed by atoms with Gasteiger partial charge in [0.2, 0.25) is 0 Å². The van der Waals surface area contributed by atoms with Gasteiger partial charge in [-0.25, -0.2) is 18.0 Å². The molecule has 3 aromatic heterocycles. The Labute approximate surface area is 264 Å². The number of aliphatic carboxylic acids is 1. The van der Waals surface area contributed by atoms with E-state index in [2.05, 4.69) is 10.3 Å². The molecule has 1 atom stereocenters. The lowest BCUT2D eigenvalue weighted by molar-refractivity contribution is -0.136. The van der Waals surface area contributed by atoms with Crippen LogP contribution in [-0.4, -0.2) is 51.5 Å². The molecule has 0 saturated carbocycles. The quantitative estimate of drug-likeness (QED) is 0.161. The van der Waals surface area contributed by atoms with Gasteiger partial charge >= 0.3 is 5.97 Å². The minimum atomic E-state index is -1.47. The summed E-state index contributed by atoms with van der Waals surface area (Å²) >= 11 is 0. The second-order valence-corrected chi connectivity index (χ2v) is 12.1. The number of aromatic nitrogens is 2. The monoisotopic (exact) mass is 642 g/mol. The van der Waals surface area contributed by atoms with E-state index >= 15 is 0 Å². The van der Waals surface area contributed by atoms with E-state index in [9.17, 15) is 27.7 Å². The number of hydrogen-bond donors (Lipinski definition) is 3. The van der Waals surface area contributed by atoms with E-state index in [1.54, 1.807) is 49.5 Å². The summed E-state index contributed by atoms with van der Waals surface area (Å²) in [4.78, 5) is 32.9. The lowest BCUT2D eigenvalue weighted by Crippen LogP contribution is -2.20. The van der Waals surface area contributed by atoms with Gasteiger partial charge in [0.15, 0.2) is 0 Å². The molecule has 3 aromatic carbocycles. The van der Waals surface area contributed by atoms with Crippen LogP contribution < -0.4 is 9.62 Å². The molecule has 0 saturated heterocycles. The summed E-state index contributed by atoms with van der Waals surface area (Å²) in [6, 6.07) is 18.8. The Morgan fingerprint density at radius 3 is 2.48 bits per heavy atom. The highest BCUT2D eigenvalue weighted by molar-refractivity contribution is 7.85. The van der Waals surface area contributed by atoms with Crippen molar-refractivity contribution in [2.45, 2.75) is 12.8 Å². The SMILES string of the molecule is CNC(=O)c1c(-c2ccc(F)cc2)oc2cc(N(C)S(C)=O)c(-c3ccc(CCC(=O)O)c(-c4cc5c(F)cccc5[nH]4)n3)cc12. The Morgan fingerprint density at radius 2 is 1.80 bits per heavy atom. The first kappa shape index (κ1) is 30.7. The van der Waals surface area contributed by atoms with Crippen molar-refractivity contribution in [2.24, 2.45) is 0 Å². The first-order chi connectivity index (χ1) is 22.0. The van der Waals surface area contributed by atoms with Crippen molar-refractivity contribution >= 4 is 50.4 Å². The average Bonchev–Trinajstić information content (AvgIpc) is 3.65. The summed E-state index contributed by atoms with van der Waals surface area (Å²) in [6.45, 7) is 0. The van der Waals surface area contributed by atoms with Crippen molar-refractivity contribution in [3.63, 3.8) is 0 Å². The zero-order valence-corrected chi connectivity index (χ0v) is 25.8. The molecule has 0 bridgehead atoms. The zero-order valence-electron chi connectivity index (χ0n) is 25.0. The molecule has 1 unspecified atom stereocenters. The van der Waals surface area contributed by atoms with Crippen molar-refractivity contribution in [3.8, 4) is 34.0 Å². The molecule has 0 radical (unpaired) electrons. The van der Waals surface area contributed by atoms with E-state index < -0.39 is 34.5 Å². The molecule has 0 aliphatic carbocycles. The summed E-state index contributed by atoms with van der Waals surface area (Å²) in [7, 11) is 1.66. The fourth-order valence-corrected chi connectivity index (χ4v) is 5.88. The Kier molecular flexibility index (Phi) is 8.13. The van der Waals surface area contributed by atoms with Gasteiger partial charge in [0.05, 0.1) is 28.3 Å². The Hall–Kier alpha value is -5.36. The van der Waals surface area contributed by atoms with Crippen LogP contribution in [-0.2, 0) is 22.2 Å². The molecule has 6 aromatic rings. The van der Waals surface area contributed by atoms with E-state index in [0.717, 1.165) is 0 Å². The number of carbonyl (C=O) groups is 2. The molecule has 9 nitrogen and oxygen atoms in total. The van der Waals surface area contributed by atoms with Gasteiger partial charge in [0, 0.05) is 60.3 Å². The Bertz CT molecular complexity index is 2170. The maximum Gasteiger partial charge on any atom is 0.303 e. The molecule has 46 heavy (non-hydrogen) atoms. The minimum Gasteiger partial charge on any atom is -0.481 e. The standard InChI is InChI=1S/C34H28F2N4O5S/c1-37-34(43)31-23-15-22(28(40(2)46(3)44)17-29(23)45-33(31)19-7-11-20(35)12-8-19)26-13-9-18(10-14-30(41)42)32(39-26)27-16-21-24(36)5-4-6-25(21)38-27/h4-9,11-13,15-17,38H,10,14H2,1-3H3,(H,37,43)(H,41,42). The molecule has 0 fully saturated rings. The van der Waals surface area contributed by atoms with Crippen LogP contribution in [0.2, 0.25) is 0 Å². The van der Waals surface area contributed by atoms with E-state index in [0.29, 0.717) is 61.3 Å². The van der Waals surface area contributed by atoms with E-state index in [-0.39, 0.29) is 24.2 Å². The fraction of sp³-hybridized carbons (Fsp3) is 0.147. The summed E-state index contributed by atoms with van der Waals surface area (Å²) in [6.07, 6.45) is 1.54. The number of amides is 1. The van der Waals surface area contributed by atoms with E-state index in [4.69, 9.17) is 9.40 Å². The summed E-state index contributed by atoms with van der Waals surface area (Å²) < 4.78 is 48.9. The van der Waals surface area contributed by atoms with Crippen LogP contribution in [0.25, 0.3) is 55.8 Å². The van der Waals surface area contributed by atoms with Gasteiger partial charge in [0.1, 0.15) is 34.0 Å². The number of carboxylic acid groups (broad SMARTS) is 1. The van der Waals surface area contributed by atoms with Crippen LogP contribution in [0.4, 0.5) is 14.5 Å². The molecule has 6 rings (SSSR count). The topological polar surface area (TPSA) is 129 Å². The third-order valence-corrected chi connectivity index (χ3v) is 8.79. The number of hydrogen-bond acceptors (Lipinski definition) is 5. The Morgan fingerprint density at radius 1 is 1.04 bits per heavy atom. The molecular formula is C34H28F2N4O5S. The number of carboxylic acids is 1. The van der Waals surface area contributed by atoms with Crippen LogP contribution in [0.15, 0.2) is 77.2 Å². The number of rotatable bonds is 9. The van der Waals surface area contributed by atoms with Crippen LogP contribution in [0, 0.1) is 11.6 Å². The van der Waals surface area contributed by atoms with Gasteiger partial charge in [-0.15, -0.1) is 0 Å². The van der Waals surface area contributed by atoms with E-state index in [1.807, 2.05) is 0 Å². The Balaban J connectivity index is 1.61. The number of benzene rings is 3. The maximum absolute atomic E-state index is 14.6. The largest absolute Gasteiger partial charge is 0.481 e. The number of aryl methyl sites for hydroxylation is 1. The highest BCUT2D eigenvalue weighted by Gasteiger charge is 2.26. The van der Waals surface area contributed by atoms with Gasteiger partial charge in [-0.2, -0.15) is 0 Å². The van der Waals surface area contributed by atoms with Gasteiger partial charge in [-0.1, -0.05) is 12.1 Å². The van der Waals surface area contributed by atoms with Gasteiger partial charge in [0.25, 0.3) is 5.91 Å². The van der Waals surface area contributed by atoms with Crippen molar-refractivity contribution in [1.29, 1.82) is 0 Å². The number of nitrogens with one attached hydrogen (secondary N) is 2. The first-order valence-corrected chi connectivity index (χ1v) is 15.7. The highest BCUT2D eigenvalue weighted by atomic mass is 32.2. The predicted molar refractivity (Wildman–Crippen MR) is 174 cm³/mol. The average molecular weight is 643 g/mol. The third-order valence-electron chi connectivity index (χ3n) is 7.82. The van der Waals surface area contributed by atoms with E-state index in [1.165, 1.54) is 47.9 Å². The second-order valence-electron chi connectivity index (χ2n) is 10.7. The number of aromatic amines is 1. The number of nitrogens with zero attached hydrogens (tertiary/aromatic N) is 2. The minimum absolute atomic E-state index is 0.145.